The maximum atomic E-state index is 12.6. The molecule has 0 saturated carbocycles. The number of likely N-dealkylation sites (tertiary alicyclic amines) is 1. The van der Waals surface area contributed by atoms with Crippen LogP contribution in [0.5, 0.6) is 5.75 Å². The van der Waals surface area contributed by atoms with E-state index in [4.69, 9.17) is 15.2 Å². The summed E-state index contributed by atoms with van der Waals surface area (Å²) >= 11 is 0. The van der Waals surface area contributed by atoms with Crippen molar-refractivity contribution in [1.82, 2.24) is 4.90 Å². The molecule has 126 valence electrons. The Kier molecular flexibility index (Phi) is 5.60. The zero-order valence-electron chi connectivity index (χ0n) is 13.7. The molecule has 1 atom stereocenters. The van der Waals surface area contributed by atoms with Crippen LogP contribution in [0, 0.1) is 0 Å². The number of hydrogen-bond donors (Lipinski definition) is 1. The number of rotatable bonds is 7. The molecule has 1 unspecified atom stereocenters. The van der Waals surface area contributed by atoms with Gasteiger partial charge in [0.15, 0.2) is 0 Å². The molecular formula is C17H24N2O4. The standard InChI is InChI=1S/C17H24N2O4/c1-22-12-17(16(18)21)10-5-11-19(17)15(20)9-8-13-6-3-4-7-14(13)23-2/h3-4,6-7H,5,8-12H2,1-2H3,(H2,18,21). The summed E-state index contributed by atoms with van der Waals surface area (Å²) in [5.74, 6) is 0.187. The zero-order valence-corrected chi connectivity index (χ0v) is 13.7. The fourth-order valence-electron chi connectivity index (χ4n) is 3.24. The third kappa shape index (κ3) is 3.47. The molecule has 1 aliphatic heterocycles. The molecule has 0 aliphatic carbocycles. The van der Waals surface area contributed by atoms with Crippen LogP contribution in [0.2, 0.25) is 0 Å². The highest BCUT2D eigenvalue weighted by Gasteiger charge is 2.48. The van der Waals surface area contributed by atoms with Crippen molar-refractivity contribution in [3.63, 3.8) is 0 Å². The summed E-state index contributed by atoms with van der Waals surface area (Å²) in [6.07, 6.45) is 2.17. The van der Waals surface area contributed by atoms with Crippen molar-refractivity contribution < 1.29 is 19.1 Å². The normalized spacial score (nSPS) is 20.5. The van der Waals surface area contributed by atoms with Crippen molar-refractivity contribution in [2.45, 2.75) is 31.2 Å². The number of hydrogen-bond acceptors (Lipinski definition) is 4. The van der Waals surface area contributed by atoms with E-state index in [0.29, 0.717) is 25.8 Å². The highest BCUT2D eigenvalue weighted by atomic mass is 16.5. The summed E-state index contributed by atoms with van der Waals surface area (Å²) in [7, 11) is 3.12. The highest BCUT2D eigenvalue weighted by molar-refractivity contribution is 5.91. The van der Waals surface area contributed by atoms with Gasteiger partial charge in [-0.25, -0.2) is 0 Å². The molecule has 1 aliphatic rings. The van der Waals surface area contributed by atoms with Crippen LogP contribution in [0.3, 0.4) is 0 Å². The van der Waals surface area contributed by atoms with Crippen molar-refractivity contribution in [2.75, 3.05) is 27.4 Å². The Morgan fingerprint density at radius 2 is 2.04 bits per heavy atom. The average Bonchev–Trinajstić information content (AvgIpc) is 2.98. The molecule has 1 fully saturated rings. The van der Waals surface area contributed by atoms with Crippen molar-refractivity contribution in [1.29, 1.82) is 0 Å². The number of methoxy groups -OCH3 is 2. The van der Waals surface area contributed by atoms with Crippen molar-refractivity contribution in [3.8, 4) is 5.75 Å². The van der Waals surface area contributed by atoms with Crippen LogP contribution in [0.25, 0.3) is 0 Å². The minimum atomic E-state index is -1.01. The zero-order chi connectivity index (χ0) is 16.9. The number of amides is 2. The predicted octanol–water partition coefficient (Wildman–Crippen LogP) is 1.12. The molecule has 0 radical (unpaired) electrons. The van der Waals surface area contributed by atoms with Crippen LogP contribution in [-0.2, 0) is 20.7 Å². The number of aryl methyl sites for hydroxylation is 1. The summed E-state index contributed by atoms with van der Waals surface area (Å²) < 4.78 is 10.5. The van der Waals surface area contributed by atoms with Gasteiger partial charge in [-0.15, -0.1) is 0 Å². The quantitative estimate of drug-likeness (QED) is 0.816. The second-order valence-electron chi connectivity index (χ2n) is 5.79. The molecule has 1 aromatic rings. The Morgan fingerprint density at radius 1 is 1.30 bits per heavy atom. The summed E-state index contributed by atoms with van der Waals surface area (Å²) in [6.45, 7) is 0.680. The second-order valence-corrected chi connectivity index (χ2v) is 5.79. The number of carbonyl (C=O) groups excluding carboxylic acids is 2. The maximum Gasteiger partial charge on any atom is 0.245 e. The van der Waals surface area contributed by atoms with Gasteiger partial charge < -0.3 is 20.1 Å². The van der Waals surface area contributed by atoms with Crippen molar-refractivity contribution in [3.05, 3.63) is 29.8 Å². The number of primary amides is 1. The number of benzene rings is 1. The number of ether oxygens (including phenoxy) is 2. The van der Waals surface area contributed by atoms with Gasteiger partial charge >= 0.3 is 0 Å². The Hall–Kier alpha value is -2.08. The fourth-order valence-corrected chi connectivity index (χ4v) is 3.24. The third-order valence-electron chi connectivity index (χ3n) is 4.43. The molecule has 23 heavy (non-hydrogen) atoms. The lowest BCUT2D eigenvalue weighted by Crippen LogP contribution is -2.58. The Labute approximate surface area is 136 Å². The molecule has 2 N–H and O–H groups in total. The van der Waals surface area contributed by atoms with Crippen LogP contribution in [-0.4, -0.2) is 49.6 Å². The van der Waals surface area contributed by atoms with Crippen LogP contribution in [0.4, 0.5) is 0 Å². The van der Waals surface area contributed by atoms with E-state index in [-0.39, 0.29) is 12.5 Å². The smallest absolute Gasteiger partial charge is 0.245 e. The van der Waals surface area contributed by atoms with Gasteiger partial charge in [-0.3, -0.25) is 9.59 Å². The first-order valence-electron chi connectivity index (χ1n) is 7.76. The van der Waals surface area contributed by atoms with E-state index in [1.165, 1.54) is 7.11 Å². The summed E-state index contributed by atoms with van der Waals surface area (Å²) in [6, 6.07) is 7.61. The Morgan fingerprint density at radius 3 is 2.70 bits per heavy atom. The van der Waals surface area contributed by atoms with Crippen molar-refractivity contribution >= 4 is 11.8 Å². The minimum absolute atomic E-state index is 0.0794. The molecule has 1 aromatic carbocycles. The molecule has 2 amide bonds. The first-order valence-corrected chi connectivity index (χ1v) is 7.76. The molecule has 0 aromatic heterocycles. The molecule has 1 saturated heterocycles. The number of carbonyl (C=O) groups is 2. The summed E-state index contributed by atoms with van der Waals surface area (Å²) in [4.78, 5) is 26.2. The molecule has 1 heterocycles. The molecule has 0 spiro atoms. The van der Waals surface area contributed by atoms with Gasteiger partial charge in [0.25, 0.3) is 0 Å². The fraction of sp³-hybridized carbons (Fsp3) is 0.529. The molecule has 6 nitrogen and oxygen atoms in total. The van der Waals surface area contributed by atoms with Gasteiger partial charge in [-0.2, -0.15) is 0 Å². The van der Waals surface area contributed by atoms with Crippen LogP contribution >= 0.6 is 0 Å². The van der Waals surface area contributed by atoms with E-state index in [0.717, 1.165) is 17.7 Å². The lowest BCUT2D eigenvalue weighted by Gasteiger charge is -2.35. The topological polar surface area (TPSA) is 81.9 Å². The second kappa shape index (κ2) is 7.46. The number of nitrogens with two attached hydrogens (primary N) is 1. The lowest BCUT2D eigenvalue weighted by atomic mass is 9.95. The number of nitrogens with zero attached hydrogens (tertiary/aromatic N) is 1. The van der Waals surface area contributed by atoms with Crippen LogP contribution in [0.1, 0.15) is 24.8 Å². The monoisotopic (exact) mass is 320 g/mol. The van der Waals surface area contributed by atoms with Gasteiger partial charge in [0, 0.05) is 20.1 Å². The third-order valence-corrected chi connectivity index (χ3v) is 4.43. The lowest BCUT2D eigenvalue weighted by molar-refractivity contribution is -0.146. The van der Waals surface area contributed by atoms with E-state index >= 15 is 0 Å². The first kappa shape index (κ1) is 17.3. The van der Waals surface area contributed by atoms with E-state index in [1.807, 2.05) is 24.3 Å². The van der Waals surface area contributed by atoms with Gasteiger partial charge in [0.2, 0.25) is 11.8 Å². The van der Waals surface area contributed by atoms with Crippen molar-refractivity contribution in [2.24, 2.45) is 5.73 Å². The van der Waals surface area contributed by atoms with Crippen LogP contribution < -0.4 is 10.5 Å². The summed E-state index contributed by atoms with van der Waals surface area (Å²) in [5.41, 5.74) is 5.53. The highest BCUT2D eigenvalue weighted by Crippen LogP contribution is 2.31. The SMILES string of the molecule is COCC1(C(N)=O)CCCN1C(=O)CCc1ccccc1OC. The van der Waals surface area contributed by atoms with Gasteiger partial charge in [-0.1, -0.05) is 18.2 Å². The molecule has 6 heteroatoms. The summed E-state index contributed by atoms with van der Waals surface area (Å²) in [5, 5.41) is 0. The molecule has 0 bridgehead atoms. The van der Waals surface area contributed by atoms with Gasteiger partial charge in [-0.05, 0) is 30.9 Å². The maximum absolute atomic E-state index is 12.6. The molecular weight excluding hydrogens is 296 g/mol. The molecule has 2 rings (SSSR count). The Balaban J connectivity index is 2.09. The van der Waals surface area contributed by atoms with Crippen LogP contribution in [0.15, 0.2) is 24.3 Å². The van der Waals surface area contributed by atoms with E-state index < -0.39 is 11.4 Å². The van der Waals surface area contributed by atoms with Gasteiger partial charge in [0.1, 0.15) is 11.3 Å². The van der Waals surface area contributed by atoms with Gasteiger partial charge in [0.05, 0.1) is 13.7 Å². The van der Waals surface area contributed by atoms with E-state index in [1.54, 1.807) is 12.0 Å². The van der Waals surface area contributed by atoms with E-state index in [9.17, 15) is 9.59 Å². The predicted molar refractivity (Wildman–Crippen MR) is 86.1 cm³/mol. The average molecular weight is 320 g/mol. The Bertz CT molecular complexity index is 575. The largest absolute Gasteiger partial charge is 0.496 e. The first-order chi connectivity index (χ1) is 11.0. The minimum Gasteiger partial charge on any atom is -0.496 e. The number of para-hydroxylation sites is 1. The van der Waals surface area contributed by atoms with E-state index in [2.05, 4.69) is 0 Å².